The summed E-state index contributed by atoms with van der Waals surface area (Å²) in [5.74, 6) is 0.286. The maximum Gasteiger partial charge on any atom is 0.408 e. The summed E-state index contributed by atoms with van der Waals surface area (Å²) in [5, 5.41) is 7.61. The second-order valence-corrected chi connectivity index (χ2v) is 6.56. The molecule has 1 aromatic carbocycles. The van der Waals surface area contributed by atoms with Gasteiger partial charge in [0.25, 0.3) is 5.91 Å². The van der Waals surface area contributed by atoms with Crippen LogP contribution in [0.25, 0.3) is 0 Å². The van der Waals surface area contributed by atoms with Crippen LogP contribution in [0.1, 0.15) is 31.1 Å². The number of carbonyl (C=O) groups excluding carboxylic acids is 3. The number of benzene rings is 1. The van der Waals surface area contributed by atoms with E-state index in [4.69, 9.17) is 14.2 Å². The summed E-state index contributed by atoms with van der Waals surface area (Å²) in [7, 11) is 2.99. The number of ether oxygens (including phenoxy) is 3. The number of carbonyl (C=O) groups is 3. The molecule has 0 atom stereocenters. The number of rotatable bonds is 8. The molecule has 0 saturated carbocycles. The molecule has 0 heterocycles. The summed E-state index contributed by atoms with van der Waals surface area (Å²) in [6, 6.07) is 4.83. The van der Waals surface area contributed by atoms with Gasteiger partial charge in [-0.1, -0.05) is 0 Å². The van der Waals surface area contributed by atoms with Crippen LogP contribution in [0.15, 0.2) is 18.2 Å². The van der Waals surface area contributed by atoms with E-state index in [0.717, 1.165) is 0 Å². The number of nitrogens with one attached hydrogen (secondary N) is 3. The van der Waals surface area contributed by atoms with Crippen molar-refractivity contribution in [1.29, 1.82) is 0 Å². The molecule has 3 N–H and O–H groups in total. The lowest BCUT2D eigenvalue weighted by molar-refractivity contribution is -0.120. The Bertz CT molecular complexity index is 647. The van der Waals surface area contributed by atoms with Crippen molar-refractivity contribution in [2.45, 2.75) is 26.4 Å². The summed E-state index contributed by atoms with van der Waals surface area (Å²) in [6.45, 7) is 5.40. The topological polar surface area (TPSA) is 115 Å². The molecule has 3 amide bonds. The van der Waals surface area contributed by atoms with Crippen LogP contribution in [-0.2, 0) is 9.53 Å². The normalized spacial score (nSPS) is 10.6. The molecule has 1 aromatic rings. The largest absolute Gasteiger partial charge is 0.497 e. The van der Waals surface area contributed by atoms with Gasteiger partial charge in [-0.2, -0.15) is 0 Å². The molecule has 27 heavy (non-hydrogen) atoms. The predicted octanol–water partition coefficient (Wildman–Crippen LogP) is 1.07. The van der Waals surface area contributed by atoms with Crippen molar-refractivity contribution in [3.05, 3.63) is 23.8 Å². The van der Waals surface area contributed by atoms with Gasteiger partial charge >= 0.3 is 6.09 Å². The first-order chi connectivity index (χ1) is 12.6. The fraction of sp³-hybridized carbons (Fsp3) is 0.500. The zero-order valence-corrected chi connectivity index (χ0v) is 16.3. The van der Waals surface area contributed by atoms with Crippen LogP contribution in [0.4, 0.5) is 4.79 Å². The summed E-state index contributed by atoms with van der Waals surface area (Å²) in [5.41, 5.74) is -0.252. The van der Waals surface area contributed by atoms with Crippen molar-refractivity contribution in [2.24, 2.45) is 0 Å². The zero-order chi connectivity index (χ0) is 20.4. The van der Waals surface area contributed by atoms with Crippen molar-refractivity contribution in [1.82, 2.24) is 16.0 Å². The monoisotopic (exact) mass is 381 g/mol. The molecular formula is C18H27N3O6. The Morgan fingerprint density at radius 2 is 1.44 bits per heavy atom. The van der Waals surface area contributed by atoms with E-state index >= 15 is 0 Å². The minimum atomic E-state index is -0.669. The van der Waals surface area contributed by atoms with E-state index in [2.05, 4.69) is 16.0 Å². The Hall–Kier alpha value is -2.97. The molecule has 0 unspecified atom stereocenters. The lowest BCUT2D eigenvalue weighted by Gasteiger charge is -2.19. The Labute approximate surface area is 158 Å². The van der Waals surface area contributed by atoms with Crippen LogP contribution >= 0.6 is 0 Å². The average molecular weight is 381 g/mol. The fourth-order valence-corrected chi connectivity index (χ4v) is 1.95. The van der Waals surface area contributed by atoms with Crippen molar-refractivity contribution in [2.75, 3.05) is 33.9 Å². The van der Waals surface area contributed by atoms with Crippen molar-refractivity contribution in [3.63, 3.8) is 0 Å². The van der Waals surface area contributed by atoms with Crippen LogP contribution in [0.5, 0.6) is 11.5 Å². The molecule has 0 aliphatic heterocycles. The summed E-state index contributed by atoms with van der Waals surface area (Å²) < 4.78 is 15.3. The van der Waals surface area contributed by atoms with E-state index in [-0.39, 0.29) is 25.5 Å². The molecule has 0 saturated heterocycles. The molecule has 150 valence electrons. The Morgan fingerprint density at radius 3 is 1.96 bits per heavy atom. The smallest absolute Gasteiger partial charge is 0.408 e. The highest BCUT2D eigenvalue weighted by Gasteiger charge is 2.16. The second kappa shape index (κ2) is 10.2. The zero-order valence-electron chi connectivity index (χ0n) is 16.3. The van der Waals surface area contributed by atoms with Gasteiger partial charge in [0.05, 0.1) is 20.8 Å². The minimum absolute atomic E-state index is 0.210. The molecule has 9 heteroatoms. The number of methoxy groups -OCH3 is 2. The lowest BCUT2D eigenvalue weighted by atomic mass is 10.2. The van der Waals surface area contributed by atoms with Crippen LogP contribution in [0, 0.1) is 0 Å². The first-order valence-electron chi connectivity index (χ1n) is 8.39. The van der Waals surface area contributed by atoms with Gasteiger partial charge in [0.15, 0.2) is 0 Å². The third kappa shape index (κ3) is 8.80. The van der Waals surface area contributed by atoms with Crippen LogP contribution in [0.3, 0.4) is 0 Å². The number of hydrogen-bond donors (Lipinski definition) is 3. The molecule has 0 aliphatic carbocycles. The van der Waals surface area contributed by atoms with Crippen molar-refractivity contribution >= 4 is 17.9 Å². The van der Waals surface area contributed by atoms with E-state index in [1.165, 1.54) is 14.2 Å². The third-order valence-corrected chi connectivity index (χ3v) is 3.14. The molecule has 0 bridgehead atoms. The summed E-state index contributed by atoms with van der Waals surface area (Å²) in [4.78, 5) is 35.3. The van der Waals surface area contributed by atoms with Gasteiger partial charge in [0.1, 0.15) is 17.1 Å². The number of hydrogen-bond acceptors (Lipinski definition) is 6. The highest BCUT2D eigenvalue weighted by atomic mass is 16.6. The van der Waals surface area contributed by atoms with Gasteiger partial charge in [-0.25, -0.2) is 4.79 Å². The Morgan fingerprint density at radius 1 is 0.889 bits per heavy atom. The van der Waals surface area contributed by atoms with E-state index in [0.29, 0.717) is 17.1 Å². The summed E-state index contributed by atoms with van der Waals surface area (Å²) in [6.07, 6.45) is -0.669. The van der Waals surface area contributed by atoms with Crippen molar-refractivity contribution in [3.8, 4) is 11.5 Å². The quantitative estimate of drug-likeness (QED) is 0.581. The van der Waals surface area contributed by atoms with Crippen LogP contribution in [0.2, 0.25) is 0 Å². The molecule has 0 fully saturated rings. The maximum absolute atomic E-state index is 12.2. The van der Waals surface area contributed by atoms with E-state index in [9.17, 15) is 14.4 Å². The van der Waals surface area contributed by atoms with E-state index < -0.39 is 17.6 Å². The van der Waals surface area contributed by atoms with Gasteiger partial charge in [-0.15, -0.1) is 0 Å². The first kappa shape index (κ1) is 22.1. The van der Waals surface area contributed by atoms with E-state index in [1.54, 1.807) is 39.0 Å². The second-order valence-electron chi connectivity index (χ2n) is 6.56. The fourth-order valence-electron chi connectivity index (χ4n) is 1.95. The molecule has 9 nitrogen and oxygen atoms in total. The van der Waals surface area contributed by atoms with Gasteiger partial charge in [-0.3, -0.25) is 9.59 Å². The Kier molecular flexibility index (Phi) is 8.37. The van der Waals surface area contributed by atoms with Gasteiger partial charge in [-0.05, 0) is 32.9 Å². The number of amides is 3. The SMILES string of the molecule is COc1cc(OC)cc(C(=O)NCCNC(=O)CNC(=O)OC(C)(C)C)c1. The summed E-state index contributed by atoms with van der Waals surface area (Å²) >= 11 is 0. The maximum atomic E-state index is 12.2. The van der Waals surface area contributed by atoms with E-state index in [1.807, 2.05) is 0 Å². The molecule has 0 aliphatic rings. The lowest BCUT2D eigenvalue weighted by Crippen LogP contribution is -2.42. The molecule has 0 radical (unpaired) electrons. The average Bonchev–Trinajstić information content (AvgIpc) is 2.61. The first-order valence-corrected chi connectivity index (χ1v) is 8.39. The molecule has 0 aromatic heterocycles. The predicted molar refractivity (Wildman–Crippen MR) is 99.1 cm³/mol. The molecule has 0 spiro atoms. The standard InChI is InChI=1S/C18H27N3O6/c1-18(2,3)27-17(24)21-11-15(22)19-6-7-20-16(23)12-8-13(25-4)10-14(9-12)26-5/h8-10H,6-7,11H2,1-5H3,(H,19,22)(H,20,23)(H,21,24). The van der Waals surface area contributed by atoms with Crippen LogP contribution in [-0.4, -0.2) is 57.4 Å². The number of alkyl carbamates (subject to hydrolysis) is 1. The minimum Gasteiger partial charge on any atom is -0.497 e. The van der Waals surface area contributed by atoms with Crippen LogP contribution < -0.4 is 25.4 Å². The molecular weight excluding hydrogens is 354 g/mol. The highest BCUT2D eigenvalue weighted by molar-refractivity contribution is 5.95. The molecule has 1 rings (SSSR count). The highest BCUT2D eigenvalue weighted by Crippen LogP contribution is 2.22. The van der Waals surface area contributed by atoms with Gasteiger partial charge in [0, 0.05) is 24.7 Å². The Balaban J connectivity index is 2.34. The van der Waals surface area contributed by atoms with Gasteiger partial charge < -0.3 is 30.2 Å². The van der Waals surface area contributed by atoms with Crippen molar-refractivity contribution < 1.29 is 28.6 Å². The third-order valence-electron chi connectivity index (χ3n) is 3.14. The van der Waals surface area contributed by atoms with Gasteiger partial charge in [0.2, 0.25) is 5.91 Å².